The molecule has 3 amide bonds. The van der Waals surface area contributed by atoms with Gasteiger partial charge in [-0.25, -0.2) is 0 Å². The Hall–Kier alpha value is -3.58. The van der Waals surface area contributed by atoms with Gasteiger partial charge in [-0.2, -0.15) is 0 Å². The molecule has 0 radical (unpaired) electrons. The predicted molar refractivity (Wildman–Crippen MR) is 128 cm³/mol. The monoisotopic (exact) mass is 447 g/mol. The van der Waals surface area contributed by atoms with E-state index in [0.717, 1.165) is 22.2 Å². The Morgan fingerprint density at radius 2 is 1.44 bits per heavy atom. The van der Waals surface area contributed by atoms with Crippen molar-refractivity contribution in [2.75, 3.05) is 19.4 Å². The van der Waals surface area contributed by atoms with Crippen LogP contribution in [0.4, 0.5) is 10.5 Å². The van der Waals surface area contributed by atoms with Crippen molar-refractivity contribution in [3.8, 4) is 0 Å². The molecule has 0 aliphatic carbocycles. The summed E-state index contributed by atoms with van der Waals surface area (Å²) < 4.78 is 0. The zero-order valence-corrected chi connectivity index (χ0v) is 18.8. The fourth-order valence-corrected chi connectivity index (χ4v) is 3.57. The van der Waals surface area contributed by atoms with E-state index >= 15 is 0 Å². The second-order valence-electron chi connectivity index (χ2n) is 7.36. The predicted octanol–water partition coefficient (Wildman–Crippen LogP) is 4.44. The first-order valence-electron chi connectivity index (χ1n) is 10.1. The number of benzene rings is 3. The third kappa shape index (κ3) is 6.72. The van der Waals surface area contributed by atoms with Gasteiger partial charge in [-0.05, 0) is 53.7 Å². The molecule has 0 heterocycles. The van der Waals surface area contributed by atoms with E-state index in [-0.39, 0.29) is 17.1 Å². The number of anilines is 1. The van der Waals surface area contributed by atoms with Gasteiger partial charge in [0.15, 0.2) is 0 Å². The molecular weight excluding hydrogens is 422 g/mol. The van der Waals surface area contributed by atoms with Crippen LogP contribution in [0.1, 0.15) is 15.9 Å². The van der Waals surface area contributed by atoms with E-state index in [1.807, 2.05) is 36.4 Å². The minimum atomic E-state index is -0.755. The number of nitrogens with zero attached hydrogens (tertiary/aromatic N) is 1. The van der Waals surface area contributed by atoms with Gasteiger partial charge in [0.2, 0.25) is 5.91 Å². The molecule has 0 aliphatic heterocycles. The number of rotatable bonds is 7. The molecule has 0 aliphatic rings. The van der Waals surface area contributed by atoms with Gasteiger partial charge in [0, 0.05) is 36.7 Å². The maximum atomic E-state index is 13.0. The second-order valence-corrected chi connectivity index (χ2v) is 8.38. The first kappa shape index (κ1) is 23.1. The molecule has 0 saturated heterocycles. The third-order valence-electron chi connectivity index (χ3n) is 4.63. The van der Waals surface area contributed by atoms with Crippen molar-refractivity contribution in [3.63, 3.8) is 0 Å². The normalized spacial score (nSPS) is 11.3. The van der Waals surface area contributed by atoms with Crippen molar-refractivity contribution in [1.82, 2.24) is 10.2 Å². The zero-order chi connectivity index (χ0) is 22.9. The van der Waals surface area contributed by atoms with Gasteiger partial charge in [0.1, 0.15) is 6.04 Å². The maximum Gasteiger partial charge on any atom is 0.285 e. The van der Waals surface area contributed by atoms with Gasteiger partial charge in [-0.1, -0.05) is 48.5 Å². The molecule has 6 nitrogen and oxygen atoms in total. The lowest BCUT2D eigenvalue weighted by atomic mass is 10.0. The lowest BCUT2D eigenvalue weighted by Gasteiger charge is -2.19. The van der Waals surface area contributed by atoms with Crippen LogP contribution >= 0.6 is 11.8 Å². The van der Waals surface area contributed by atoms with Crippen LogP contribution in [0.2, 0.25) is 0 Å². The summed E-state index contributed by atoms with van der Waals surface area (Å²) in [6, 6.07) is 24.6. The van der Waals surface area contributed by atoms with Gasteiger partial charge in [0.05, 0.1) is 0 Å². The van der Waals surface area contributed by atoms with Gasteiger partial charge in [-0.15, -0.1) is 0 Å². The van der Waals surface area contributed by atoms with E-state index in [1.165, 1.54) is 4.90 Å². The van der Waals surface area contributed by atoms with E-state index in [2.05, 4.69) is 10.6 Å². The fraction of sp³-hybridized carbons (Fsp3) is 0.160. The summed E-state index contributed by atoms with van der Waals surface area (Å²) >= 11 is 1.11. The molecule has 3 rings (SSSR count). The van der Waals surface area contributed by atoms with E-state index in [1.54, 1.807) is 62.6 Å². The molecule has 1 unspecified atom stereocenters. The number of nitrogens with one attached hydrogen (secondary N) is 2. The summed E-state index contributed by atoms with van der Waals surface area (Å²) in [4.78, 5) is 39.8. The van der Waals surface area contributed by atoms with Crippen molar-refractivity contribution in [2.24, 2.45) is 0 Å². The van der Waals surface area contributed by atoms with Crippen LogP contribution < -0.4 is 10.6 Å². The highest BCUT2D eigenvalue weighted by molar-refractivity contribution is 8.13. The van der Waals surface area contributed by atoms with Crippen molar-refractivity contribution >= 4 is 34.5 Å². The zero-order valence-electron chi connectivity index (χ0n) is 17.9. The summed E-state index contributed by atoms with van der Waals surface area (Å²) in [6.07, 6.45) is 0.358. The highest BCUT2D eigenvalue weighted by atomic mass is 32.2. The van der Waals surface area contributed by atoms with E-state index < -0.39 is 6.04 Å². The lowest BCUT2D eigenvalue weighted by Crippen LogP contribution is -2.45. The Labute approximate surface area is 192 Å². The molecule has 0 saturated carbocycles. The Morgan fingerprint density at radius 3 is 2.03 bits per heavy atom. The van der Waals surface area contributed by atoms with Crippen LogP contribution in [-0.4, -0.2) is 42.1 Å². The summed E-state index contributed by atoms with van der Waals surface area (Å²) in [5.41, 5.74) is 2.02. The minimum Gasteiger partial charge on any atom is -0.340 e. The summed E-state index contributed by atoms with van der Waals surface area (Å²) in [7, 11) is 3.39. The Kier molecular flexibility index (Phi) is 8.05. The van der Waals surface area contributed by atoms with Crippen LogP contribution in [0.3, 0.4) is 0 Å². The average Bonchev–Trinajstić information content (AvgIpc) is 2.81. The van der Waals surface area contributed by atoms with Gasteiger partial charge in [-0.3, -0.25) is 14.4 Å². The number of carbonyl (C=O) groups excluding carboxylic acids is 3. The topological polar surface area (TPSA) is 78.5 Å². The fourth-order valence-electron chi connectivity index (χ4n) is 2.92. The van der Waals surface area contributed by atoms with Crippen LogP contribution in [-0.2, 0) is 11.2 Å². The summed E-state index contributed by atoms with van der Waals surface area (Å²) in [6.45, 7) is 0. The maximum absolute atomic E-state index is 13.0. The van der Waals surface area contributed by atoms with Crippen LogP contribution in [0.25, 0.3) is 0 Å². The van der Waals surface area contributed by atoms with E-state index in [4.69, 9.17) is 0 Å². The molecule has 0 aromatic heterocycles. The molecule has 0 spiro atoms. The van der Waals surface area contributed by atoms with E-state index in [9.17, 15) is 14.4 Å². The third-order valence-corrected chi connectivity index (χ3v) is 5.68. The summed E-state index contributed by atoms with van der Waals surface area (Å²) in [5.74, 6) is -0.626. The number of carbonyl (C=O) groups is 3. The highest BCUT2D eigenvalue weighted by Gasteiger charge is 2.22. The number of hydrogen-bond acceptors (Lipinski definition) is 4. The number of amides is 3. The standard InChI is InChI=1S/C25H25N3O3S/c1-28(2)25(31)32-21-15-13-20(14-16-21)26-24(30)22(17-18-9-5-3-6-10-18)27-23(29)19-11-7-4-8-12-19/h3-16,22H,17H2,1-2H3,(H,26,30)(H,27,29). The number of hydrogen-bond donors (Lipinski definition) is 2. The van der Waals surface area contributed by atoms with Crippen molar-refractivity contribution < 1.29 is 14.4 Å². The van der Waals surface area contributed by atoms with Crippen molar-refractivity contribution in [2.45, 2.75) is 17.4 Å². The quantitative estimate of drug-likeness (QED) is 0.525. The molecule has 0 bridgehead atoms. The smallest absolute Gasteiger partial charge is 0.285 e. The van der Waals surface area contributed by atoms with Crippen LogP contribution in [0, 0.1) is 0 Å². The average molecular weight is 448 g/mol. The Balaban J connectivity index is 1.71. The molecule has 3 aromatic carbocycles. The van der Waals surface area contributed by atoms with Gasteiger partial charge in [0.25, 0.3) is 11.1 Å². The van der Waals surface area contributed by atoms with Crippen molar-refractivity contribution in [1.29, 1.82) is 0 Å². The molecular formula is C25H25N3O3S. The molecule has 32 heavy (non-hydrogen) atoms. The lowest BCUT2D eigenvalue weighted by molar-refractivity contribution is -0.118. The van der Waals surface area contributed by atoms with Crippen molar-refractivity contribution in [3.05, 3.63) is 96.1 Å². The first-order valence-corrected chi connectivity index (χ1v) is 10.9. The second kappa shape index (κ2) is 11.2. The van der Waals surface area contributed by atoms with Gasteiger partial charge >= 0.3 is 0 Å². The van der Waals surface area contributed by atoms with Crippen LogP contribution in [0.5, 0.6) is 0 Å². The SMILES string of the molecule is CN(C)C(=O)Sc1ccc(NC(=O)C(Cc2ccccc2)NC(=O)c2ccccc2)cc1. The molecule has 2 N–H and O–H groups in total. The minimum absolute atomic E-state index is 0.0756. The Bertz CT molecular complexity index is 1050. The number of thioether (sulfide) groups is 1. The molecule has 164 valence electrons. The molecule has 7 heteroatoms. The van der Waals surface area contributed by atoms with E-state index in [0.29, 0.717) is 17.7 Å². The first-order chi connectivity index (χ1) is 15.4. The van der Waals surface area contributed by atoms with Crippen LogP contribution in [0.15, 0.2) is 89.8 Å². The van der Waals surface area contributed by atoms with Gasteiger partial charge < -0.3 is 15.5 Å². The summed E-state index contributed by atoms with van der Waals surface area (Å²) in [5, 5.41) is 5.64. The molecule has 3 aromatic rings. The largest absolute Gasteiger partial charge is 0.340 e. The Morgan fingerprint density at radius 1 is 0.844 bits per heavy atom. The molecule has 1 atom stereocenters. The molecule has 0 fully saturated rings. The highest BCUT2D eigenvalue weighted by Crippen LogP contribution is 2.22.